The third-order valence-corrected chi connectivity index (χ3v) is 2.34. The molecule has 0 aliphatic heterocycles. The molecule has 0 bridgehead atoms. The monoisotopic (exact) mass is 279 g/mol. The maximum Gasteiger partial charge on any atom is 0.352 e. The van der Waals surface area contributed by atoms with E-state index in [1.165, 1.54) is 20.1 Å². The summed E-state index contributed by atoms with van der Waals surface area (Å²) in [4.78, 5) is 22.0. The van der Waals surface area contributed by atoms with Crippen molar-refractivity contribution >= 4 is 18.0 Å². The van der Waals surface area contributed by atoms with E-state index in [0.717, 1.165) is 0 Å². The summed E-state index contributed by atoms with van der Waals surface area (Å²) in [5, 5.41) is 11.3. The van der Waals surface area contributed by atoms with Crippen molar-refractivity contribution in [2.24, 2.45) is 0 Å². The molecule has 1 aromatic carbocycles. The Bertz CT molecular complexity index is 536. The molecule has 0 fully saturated rings. The Labute approximate surface area is 117 Å². The molecular formula is C14H17NO5. The van der Waals surface area contributed by atoms with E-state index in [1.54, 1.807) is 18.2 Å². The molecule has 108 valence electrons. The molecule has 0 spiro atoms. The molecule has 0 aromatic heterocycles. The predicted octanol–water partition coefficient (Wildman–Crippen LogP) is 1.66. The third kappa shape index (κ3) is 4.31. The molecular weight excluding hydrogens is 262 g/mol. The summed E-state index contributed by atoms with van der Waals surface area (Å²) in [6.45, 7) is 3.60. The van der Waals surface area contributed by atoms with Crippen LogP contribution in [0.15, 0.2) is 23.9 Å². The molecule has 0 unspecified atom stereocenters. The molecule has 2 N–H and O–H groups in total. The van der Waals surface area contributed by atoms with Gasteiger partial charge in [-0.05, 0) is 30.7 Å². The number of nitrogens with one attached hydrogen (secondary N) is 1. The minimum absolute atomic E-state index is 0.205. The average Bonchev–Trinajstić information content (AvgIpc) is 2.39. The van der Waals surface area contributed by atoms with Crippen LogP contribution in [0, 0.1) is 0 Å². The highest BCUT2D eigenvalue weighted by Crippen LogP contribution is 2.28. The van der Waals surface area contributed by atoms with Crippen LogP contribution in [0.2, 0.25) is 0 Å². The lowest BCUT2D eigenvalue weighted by atomic mass is 10.1. The summed E-state index contributed by atoms with van der Waals surface area (Å²) in [7, 11) is 1.50. The average molecular weight is 279 g/mol. The second-order valence-electron chi connectivity index (χ2n) is 3.89. The molecule has 0 saturated carbocycles. The topological polar surface area (TPSA) is 84.9 Å². The number of carbonyl (C=O) groups excluding carboxylic acids is 1. The molecule has 1 aromatic rings. The van der Waals surface area contributed by atoms with E-state index >= 15 is 0 Å². The van der Waals surface area contributed by atoms with Gasteiger partial charge in [0.15, 0.2) is 11.5 Å². The first kappa shape index (κ1) is 15.6. The molecule has 1 rings (SSSR count). The van der Waals surface area contributed by atoms with E-state index in [9.17, 15) is 9.59 Å². The number of carboxylic acid groups (broad SMARTS) is 1. The summed E-state index contributed by atoms with van der Waals surface area (Å²) < 4.78 is 10.5. The summed E-state index contributed by atoms with van der Waals surface area (Å²) in [6.07, 6.45) is 1.35. The number of methoxy groups -OCH3 is 1. The van der Waals surface area contributed by atoms with Crippen LogP contribution in [-0.2, 0) is 9.59 Å². The van der Waals surface area contributed by atoms with Crippen molar-refractivity contribution in [2.75, 3.05) is 13.7 Å². The minimum atomic E-state index is -1.21. The quantitative estimate of drug-likeness (QED) is 0.773. The van der Waals surface area contributed by atoms with E-state index in [0.29, 0.717) is 23.7 Å². The molecule has 20 heavy (non-hydrogen) atoms. The van der Waals surface area contributed by atoms with Gasteiger partial charge in [0.25, 0.3) is 0 Å². The van der Waals surface area contributed by atoms with Crippen LogP contribution < -0.4 is 14.8 Å². The fourth-order valence-corrected chi connectivity index (χ4v) is 1.56. The van der Waals surface area contributed by atoms with Gasteiger partial charge >= 0.3 is 5.97 Å². The number of benzene rings is 1. The van der Waals surface area contributed by atoms with E-state index in [2.05, 4.69) is 5.32 Å². The summed E-state index contributed by atoms with van der Waals surface area (Å²) in [6, 6.07) is 5.00. The molecule has 0 radical (unpaired) electrons. The van der Waals surface area contributed by atoms with Crippen LogP contribution in [0.5, 0.6) is 11.5 Å². The summed E-state index contributed by atoms with van der Waals surface area (Å²) >= 11 is 0. The number of carboxylic acids is 1. The number of hydrogen-bond acceptors (Lipinski definition) is 4. The number of rotatable bonds is 6. The minimum Gasteiger partial charge on any atom is -0.493 e. The number of hydrogen-bond donors (Lipinski definition) is 2. The smallest absolute Gasteiger partial charge is 0.352 e. The first-order chi connectivity index (χ1) is 9.47. The van der Waals surface area contributed by atoms with E-state index in [-0.39, 0.29) is 5.70 Å². The fraction of sp³-hybridized carbons (Fsp3) is 0.286. The second kappa shape index (κ2) is 7.18. The van der Waals surface area contributed by atoms with Gasteiger partial charge in [0, 0.05) is 6.92 Å². The van der Waals surface area contributed by atoms with Crippen molar-refractivity contribution in [3.05, 3.63) is 29.5 Å². The Morgan fingerprint density at radius 3 is 2.55 bits per heavy atom. The van der Waals surface area contributed by atoms with Crippen molar-refractivity contribution in [3.63, 3.8) is 0 Å². The molecule has 0 heterocycles. The highest BCUT2D eigenvalue weighted by atomic mass is 16.5. The van der Waals surface area contributed by atoms with Crippen LogP contribution in [0.4, 0.5) is 0 Å². The first-order valence-electron chi connectivity index (χ1n) is 6.01. The van der Waals surface area contributed by atoms with Crippen LogP contribution >= 0.6 is 0 Å². The molecule has 6 nitrogen and oxygen atoms in total. The van der Waals surface area contributed by atoms with Crippen LogP contribution in [0.1, 0.15) is 19.4 Å². The zero-order valence-corrected chi connectivity index (χ0v) is 11.6. The van der Waals surface area contributed by atoms with Gasteiger partial charge in [-0.1, -0.05) is 6.07 Å². The predicted molar refractivity (Wildman–Crippen MR) is 73.6 cm³/mol. The summed E-state index contributed by atoms with van der Waals surface area (Å²) in [5.41, 5.74) is 0.375. The zero-order valence-electron chi connectivity index (χ0n) is 11.6. The number of amides is 1. The van der Waals surface area contributed by atoms with Crippen LogP contribution in [0.3, 0.4) is 0 Å². The molecule has 0 aliphatic rings. The second-order valence-corrected chi connectivity index (χ2v) is 3.89. The molecule has 0 aliphatic carbocycles. The fourth-order valence-electron chi connectivity index (χ4n) is 1.56. The van der Waals surface area contributed by atoms with Gasteiger partial charge in [0.05, 0.1) is 13.7 Å². The highest BCUT2D eigenvalue weighted by molar-refractivity contribution is 5.96. The molecule has 1 amide bonds. The number of carbonyl (C=O) groups is 2. The van der Waals surface area contributed by atoms with Crippen molar-refractivity contribution in [1.82, 2.24) is 5.32 Å². The Hall–Kier alpha value is -2.50. The first-order valence-corrected chi connectivity index (χ1v) is 6.01. The SMILES string of the molecule is CCOc1ccc(/C=C(\NC(C)=O)C(=O)O)cc1OC. The van der Waals surface area contributed by atoms with Gasteiger partial charge in [-0.3, -0.25) is 4.79 Å². The van der Waals surface area contributed by atoms with Crippen LogP contribution in [-0.4, -0.2) is 30.7 Å². The Morgan fingerprint density at radius 2 is 2.05 bits per heavy atom. The maximum atomic E-state index is 11.0. The van der Waals surface area contributed by atoms with Gasteiger partial charge in [-0.25, -0.2) is 4.79 Å². The largest absolute Gasteiger partial charge is 0.493 e. The van der Waals surface area contributed by atoms with Crippen molar-refractivity contribution in [2.45, 2.75) is 13.8 Å². The van der Waals surface area contributed by atoms with Gasteiger partial charge in [-0.15, -0.1) is 0 Å². The maximum absolute atomic E-state index is 11.0. The van der Waals surface area contributed by atoms with Gasteiger partial charge in [0.2, 0.25) is 5.91 Å². The Morgan fingerprint density at radius 1 is 1.35 bits per heavy atom. The zero-order chi connectivity index (χ0) is 15.1. The Balaban J connectivity index is 3.12. The van der Waals surface area contributed by atoms with E-state index < -0.39 is 11.9 Å². The lowest BCUT2D eigenvalue weighted by Gasteiger charge is -2.10. The van der Waals surface area contributed by atoms with E-state index in [1.807, 2.05) is 6.92 Å². The number of ether oxygens (including phenoxy) is 2. The summed E-state index contributed by atoms with van der Waals surface area (Å²) in [5.74, 6) is -0.596. The molecule has 0 atom stereocenters. The number of aliphatic carboxylic acids is 1. The van der Waals surface area contributed by atoms with E-state index in [4.69, 9.17) is 14.6 Å². The standard InChI is InChI=1S/C14H17NO5/c1-4-20-12-6-5-10(8-13(12)19-3)7-11(14(17)18)15-9(2)16/h5-8H,4H2,1-3H3,(H,15,16)(H,17,18)/b11-7-. The van der Waals surface area contributed by atoms with Gasteiger partial charge in [0.1, 0.15) is 5.70 Å². The highest BCUT2D eigenvalue weighted by Gasteiger charge is 2.10. The molecule has 6 heteroatoms. The Kier molecular flexibility index (Phi) is 5.58. The molecule has 0 saturated heterocycles. The lowest BCUT2D eigenvalue weighted by molar-refractivity contribution is -0.134. The van der Waals surface area contributed by atoms with Crippen molar-refractivity contribution in [3.8, 4) is 11.5 Å². The van der Waals surface area contributed by atoms with Crippen molar-refractivity contribution in [1.29, 1.82) is 0 Å². The van der Waals surface area contributed by atoms with Gasteiger partial charge < -0.3 is 19.9 Å². The normalized spacial score (nSPS) is 10.8. The van der Waals surface area contributed by atoms with Crippen LogP contribution in [0.25, 0.3) is 6.08 Å². The lowest BCUT2D eigenvalue weighted by Crippen LogP contribution is -2.24. The third-order valence-electron chi connectivity index (χ3n) is 2.34. The van der Waals surface area contributed by atoms with Crippen molar-refractivity contribution < 1.29 is 24.2 Å². The van der Waals surface area contributed by atoms with Gasteiger partial charge in [-0.2, -0.15) is 0 Å².